The Morgan fingerprint density at radius 1 is 1.07 bits per heavy atom. The van der Waals surface area contributed by atoms with Crippen molar-refractivity contribution in [3.05, 3.63) is 47.5 Å². The highest BCUT2D eigenvalue weighted by Gasteiger charge is 2.28. The summed E-state index contributed by atoms with van der Waals surface area (Å²) in [5.74, 6) is 2.62. The second kappa shape index (κ2) is 10.8. The number of aliphatic imine (C=N–C) groups is 1. The van der Waals surface area contributed by atoms with Gasteiger partial charge in [0, 0.05) is 25.6 Å². The van der Waals surface area contributed by atoms with E-state index in [4.69, 9.17) is 4.99 Å². The van der Waals surface area contributed by atoms with Crippen LogP contribution >= 0.6 is 0 Å². The van der Waals surface area contributed by atoms with Crippen molar-refractivity contribution in [2.75, 3.05) is 13.1 Å². The van der Waals surface area contributed by atoms with E-state index in [1.54, 1.807) is 0 Å². The molecule has 1 aromatic carbocycles. The highest BCUT2D eigenvalue weighted by atomic mass is 15.3. The molecule has 1 aromatic heterocycles. The standard InChI is InChI=1S/C22H36N6/c1-6-9-15-23-21(24-16-20-27-26-18(4)28(20)5)25-17-22(7-2,8-3)19-13-11-10-12-14-19/h10-14H,6-9,15-17H2,1-5H3,(H2,23,24,25). The van der Waals surface area contributed by atoms with E-state index in [1.807, 2.05) is 18.5 Å². The van der Waals surface area contributed by atoms with Crippen LogP contribution in [0.4, 0.5) is 0 Å². The van der Waals surface area contributed by atoms with Crippen LogP contribution in [-0.2, 0) is 19.0 Å². The lowest BCUT2D eigenvalue weighted by Gasteiger charge is -2.33. The number of unbranched alkanes of at least 4 members (excludes halogenated alkanes) is 1. The molecule has 0 atom stereocenters. The van der Waals surface area contributed by atoms with Crippen molar-refractivity contribution >= 4 is 5.96 Å². The Balaban J connectivity index is 2.13. The van der Waals surface area contributed by atoms with Crippen molar-refractivity contribution in [3.8, 4) is 0 Å². The topological polar surface area (TPSA) is 67.1 Å². The molecule has 0 unspecified atom stereocenters. The Kier molecular flexibility index (Phi) is 8.48. The average Bonchev–Trinajstić information content (AvgIpc) is 3.05. The van der Waals surface area contributed by atoms with Crippen LogP contribution in [0.25, 0.3) is 0 Å². The first-order valence-corrected chi connectivity index (χ1v) is 10.5. The fourth-order valence-corrected chi connectivity index (χ4v) is 3.35. The van der Waals surface area contributed by atoms with E-state index in [2.05, 4.69) is 71.9 Å². The van der Waals surface area contributed by atoms with Crippen LogP contribution in [0.3, 0.4) is 0 Å². The zero-order valence-electron chi connectivity index (χ0n) is 18.1. The maximum atomic E-state index is 4.78. The summed E-state index contributed by atoms with van der Waals surface area (Å²) in [5.41, 5.74) is 1.47. The number of hydrogen-bond donors (Lipinski definition) is 2. The van der Waals surface area contributed by atoms with E-state index in [0.29, 0.717) is 6.54 Å². The van der Waals surface area contributed by atoms with Gasteiger partial charge in [0.2, 0.25) is 0 Å². The summed E-state index contributed by atoms with van der Waals surface area (Å²) >= 11 is 0. The Morgan fingerprint density at radius 3 is 2.36 bits per heavy atom. The first-order valence-electron chi connectivity index (χ1n) is 10.5. The van der Waals surface area contributed by atoms with Crippen LogP contribution in [0.15, 0.2) is 35.3 Å². The van der Waals surface area contributed by atoms with Gasteiger partial charge < -0.3 is 15.2 Å². The van der Waals surface area contributed by atoms with Crippen molar-refractivity contribution in [1.29, 1.82) is 0 Å². The monoisotopic (exact) mass is 384 g/mol. The number of benzene rings is 1. The molecule has 0 fully saturated rings. The van der Waals surface area contributed by atoms with Crippen molar-refractivity contribution in [2.24, 2.45) is 12.0 Å². The van der Waals surface area contributed by atoms with Crippen LogP contribution in [0.1, 0.15) is 63.7 Å². The van der Waals surface area contributed by atoms with Crippen molar-refractivity contribution < 1.29 is 0 Å². The van der Waals surface area contributed by atoms with Gasteiger partial charge in [-0.25, -0.2) is 4.99 Å². The van der Waals surface area contributed by atoms with E-state index >= 15 is 0 Å². The van der Waals surface area contributed by atoms with Crippen LogP contribution in [0.2, 0.25) is 0 Å². The van der Waals surface area contributed by atoms with E-state index in [-0.39, 0.29) is 5.41 Å². The molecule has 0 bridgehead atoms. The van der Waals surface area contributed by atoms with Gasteiger partial charge in [-0.2, -0.15) is 0 Å². The Labute approximate surface area is 169 Å². The summed E-state index contributed by atoms with van der Waals surface area (Å²) in [4.78, 5) is 4.78. The number of hydrogen-bond acceptors (Lipinski definition) is 3. The normalized spacial score (nSPS) is 12.2. The Hall–Kier alpha value is -2.37. The minimum atomic E-state index is 0.0931. The molecule has 0 spiro atoms. The summed E-state index contributed by atoms with van der Waals surface area (Å²) in [7, 11) is 1.98. The maximum Gasteiger partial charge on any atom is 0.191 e. The molecule has 28 heavy (non-hydrogen) atoms. The smallest absolute Gasteiger partial charge is 0.191 e. The summed E-state index contributed by atoms with van der Waals surface area (Å²) in [6.07, 6.45) is 4.42. The Bertz CT molecular complexity index is 731. The van der Waals surface area contributed by atoms with Gasteiger partial charge in [-0.15, -0.1) is 10.2 Å². The summed E-state index contributed by atoms with van der Waals surface area (Å²) in [6.45, 7) is 11.0. The number of nitrogens with one attached hydrogen (secondary N) is 2. The Morgan fingerprint density at radius 2 is 1.79 bits per heavy atom. The van der Waals surface area contributed by atoms with Gasteiger partial charge in [0.05, 0.1) is 0 Å². The molecule has 2 aromatic rings. The van der Waals surface area contributed by atoms with Crippen molar-refractivity contribution in [2.45, 2.75) is 65.3 Å². The fourth-order valence-electron chi connectivity index (χ4n) is 3.35. The first-order chi connectivity index (χ1) is 13.6. The minimum absolute atomic E-state index is 0.0931. The predicted molar refractivity (Wildman–Crippen MR) is 116 cm³/mol. The van der Waals surface area contributed by atoms with Crippen molar-refractivity contribution in [1.82, 2.24) is 25.4 Å². The lowest BCUT2D eigenvalue weighted by Crippen LogP contribution is -2.45. The molecular formula is C22H36N6. The minimum Gasteiger partial charge on any atom is -0.356 e. The lowest BCUT2D eigenvalue weighted by molar-refractivity contribution is 0.389. The van der Waals surface area contributed by atoms with Gasteiger partial charge in [-0.1, -0.05) is 57.5 Å². The van der Waals surface area contributed by atoms with E-state index in [1.165, 1.54) is 5.56 Å². The molecule has 0 radical (unpaired) electrons. The molecule has 0 aliphatic rings. The van der Waals surface area contributed by atoms with Crippen LogP contribution in [0.5, 0.6) is 0 Å². The van der Waals surface area contributed by atoms with Gasteiger partial charge in [0.25, 0.3) is 0 Å². The van der Waals surface area contributed by atoms with Gasteiger partial charge in [0.1, 0.15) is 12.4 Å². The average molecular weight is 385 g/mol. The third-order valence-electron chi connectivity index (χ3n) is 5.72. The maximum absolute atomic E-state index is 4.78. The van der Waals surface area contributed by atoms with Crippen molar-refractivity contribution in [3.63, 3.8) is 0 Å². The molecule has 6 nitrogen and oxygen atoms in total. The SMILES string of the molecule is CCCCNC(=NCc1nnc(C)n1C)NCC(CC)(CC)c1ccccc1. The molecule has 0 aliphatic heterocycles. The molecule has 0 amide bonds. The highest BCUT2D eigenvalue weighted by molar-refractivity contribution is 5.79. The number of aromatic nitrogens is 3. The molecule has 2 rings (SSSR count). The van der Waals surface area contributed by atoms with Gasteiger partial charge in [-0.3, -0.25) is 0 Å². The molecule has 0 saturated carbocycles. The highest BCUT2D eigenvalue weighted by Crippen LogP contribution is 2.30. The zero-order chi connectivity index (χ0) is 20.4. The lowest BCUT2D eigenvalue weighted by atomic mass is 9.76. The van der Waals surface area contributed by atoms with E-state index in [0.717, 1.165) is 56.4 Å². The summed E-state index contributed by atoms with van der Waals surface area (Å²) in [6, 6.07) is 10.8. The van der Waals surface area contributed by atoms with Crippen LogP contribution in [-0.4, -0.2) is 33.8 Å². The van der Waals surface area contributed by atoms with E-state index < -0.39 is 0 Å². The van der Waals surface area contributed by atoms with Gasteiger partial charge in [0.15, 0.2) is 11.8 Å². The van der Waals surface area contributed by atoms with Gasteiger partial charge in [-0.05, 0) is 31.7 Å². The fraction of sp³-hybridized carbons (Fsp3) is 0.591. The first kappa shape index (κ1) is 21.9. The summed E-state index contributed by atoms with van der Waals surface area (Å²) in [5, 5.41) is 15.4. The molecule has 2 N–H and O–H groups in total. The molecule has 0 aliphatic carbocycles. The number of rotatable bonds is 10. The molecule has 6 heteroatoms. The molecule has 154 valence electrons. The zero-order valence-corrected chi connectivity index (χ0v) is 18.1. The van der Waals surface area contributed by atoms with E-state index in [9.17, 15) is 0 Å². The number of aryl methyl sites for hydroxylation is 1. The second-order valence-electron chi connectivity index (χ2n) is 7.37. The largest absolute Gasteiger partial charge is 0.356 e. The second-order valence-corrected chi connectivity index (χ2v) is 7.37. The summed E-state index contributed by atoms with van der Waals surface area (Å²) < 4.78 is 1.99. The molecular weight excluding hydrogens is 348 g/mol. The molecule has 1 heterocycles. The van der Waals surface area contributed by atoms with Crippen LogP contribution < -0.4 is 10.6 Å². The predicted octanol–water partition coefficient (Wildman–Crippen LogP) is 3.72. The third kappa shape index (κ3) is 5.57. The number of guanidine groups is 1. The third-order valence-corrected chi connectivity index (χ3v) is 5.72. The van der Waals surface area contributed by atoms with Crippen LogP contribution in [0, 0.1) is 6.92 Å². The number of nitrogens with zero attached hydrogens (tertiary/aromatic N) is 4. The quantitative estimate of drug-likeness (QED) is 0.372. The van der Waals surface area contributed by atoms with Gasteiger partial charge >= 0.3 is 0 Å². The molecule has 0 saturated heterocycles.